The van der Waals surface area contributed by atoms with Gasteiger partial charge >= 0.3 is 0 Å². The minimum absolute atomic E-state index is 0.0395. The molecule has 0 aliphatic rings. The average Bonchev–Trinajstić information content (AvgIpc) is 2.35. The Balaban J connectivity index is 2.79. The minimum atomic E-state index is -0.253. The Labute approximate surface area is 128 Å². The van der Waals surface area contributed by atoms with E-state index < -0.39 is 0 Å². The fraction of sp³-hybridized carbons (Fsp3) is 0.533. The molecule has 112 valence electrons. The highest BCUT2D eigenvalue weighted by molar-refractivity contribution is 9.10. The SMILES string of the molecule is COc1ccc(C(=O)NC(CO)CC(C)(C)C)c(Br)c1. The number of hydrogen-bond acceptors (Lipinski definition) is 3. The van der Waals surface area contributed by atoms with Gasteiger partial charge in [0.1, 0.15) is 5.75 Å². The Hall–Kier alpha value is -1.07. The van der Waals surface area contributed by atoms with Gasteiger partial charge in [0.05, 0.1) is 25.3 Å². The highest BCUT2D eigenvalue weighted by Gasteiger charge is 2.21. The van der Waals surface area contributed by atoms with Crippen LogP contribution in [0.15, 0.2) is 22.7 Å². The van der Waals surface area contributed by atoms with E-state index >= 15 is 0 Å². The van der Waals surface area contributed by atoms with E-state index in [2.05, 4.69) is 42.0 Å². The first-order valence-electron chi connectivity index (χ1n) is 6.52. The van der Waals surface area contributed by atoms with Gasteiger partial charge in [0.2, 0.25) is 0 Å². The zero-order valence-electron chi connectivity index (χ0n) is 12.4. The molecular weight excluding hydrogens is 322 g/mol. The number of aliphatic hydroxyl groups excluding tert-OH is 1. The predicted molar refractivity (Wildman–Crippen MR) is 83.1 cm³/mol. The van der Waals surface area contributed by atoms with Crippen LogP contribution in [0.4, 0.5) is 0 Å². The Morgan fingerprint density at radius 3 is 2.55 bits per heavy atom. The van der Waals surface area contributed by atoms with Crippen molar-refractivity contribution < 1.29 is 14.6 Å². The molecule has 1 aromatic carbocycles. The lowest BCUT2D eigenvalue weighted by molar-refractivity contribution is 0.0897. The van der Waals surface area contributed by atoms with Gasteiger partial charge in [0.25, 0.3) is 5.91 Å². The summed E-state index contributed by atoms with van der Waals surface area (Å²) in [5.41, 5.74) is 0.566. The molecule has 0 saturated carbocycles. The van der Waals surface area contributed by atoms with E-state index in [1.807, 2.05) is 0 Å². The Kier molecular flexibility index (Phi) is 6.02. The molecule has 1 atom stereocenters. The zero-order valence-corrected chi connectivity index (χ0v) is 14.0. The van der Waals surface area contributed by atoms with Crippen molar-refractivity contribution >= 4 is 21.8 Å². The van der Waals surface area contributed by atoms with Crippen LogP contribution in [-0.4, -0.2) is 30.8 Å². The van der Waals surface area contributed by atoms with Gasteiger partial charge in [-0.15, -0.1) is 0 Å². The summed E-state index contributed by atoms with van der Waals surface area (Å²) in [5, 5.41) is 12.2. The van der Waals surface area contributed by atoms with Crippen molar-refractivity contribution in [3.63, 3.8) is 0 Å². The second kappa shape index (κ2) is 7.09. The lowest BCUT2D eigenvalue weighted by atomic mass is 9.88. The first-order chi connectivity index (χ1) is 9.26. The molecule has 1 rings (SSSR count). The summed E-state index contributed by atoms with van der Waals surface area (Å²) in [6.45, 7) is 6.15. The molecular formula is C15H22BrNO3. The van der Waals surface area contributed by atoms with Gasteiger partial charge in [-0.1, -0.05) is 20.8 Å². The molecule has 20 heavy (non-hydrogen) atoms. The molecule has 0 aromatic heterocycles. The lowest BCUT2D eigenvalue weighted by Gasteiger charge is -2.25. The summed E-state index contributed by atoms with van der Waals surface area (Å²) < 4.78 is 5.76. The number of amides is 1. The average molecular weight is 344 g/mol. The van der Waals surface area contributed by atoms with Gasteiger partial charge in [0, 0.05) is 4.47 Å². The second-order valence-electron chi connectivity index (χ2n) is 5.96. The first kappa shape index (κ1) is 17.0. The maximum absolute atomic E-state index is 12.2. The van der Waals surface area contributed by atoms with Crippen LogP contribution in [0.1, 0.15) is 37.6 Å². The lowest BCUT2D eigenvalue weighted by Crippen LogP contribution is -2.40. The third-order valence-corrected chi connectivity index (χ3v) is 3.49. The molecule has 4 nitrogen and oxygen atoms in total. The predicted octanol–water partition coefficient (Wildman–Crippen LogP) is 2.98. The van der Waals surface area contributed by atoms with Crippen molar-refractivity contribution in [2.45, 2.75) is 33.2 Å². The number of methoxy groups -OCH3 is 1. The molecule has 0 heterocycles. The molecule has 1 aromatic rings. The molecule has 0 bridgehead atoms. The van der Waals surface area contributed by atoms with E-state index in [-0.39, 0.29) is 24.0 Å². The minimum Gasteiger partial charge on any atom is -0.497 e. The van der Waals surface area contributed by atoms with Crippen LogP contribution in [0.5, 0.6) is 5.75 Å². The van der Waals surface area contributed by atoms with E-state index in [0.717, 1.165) is 0 Å². The third kappa shape index (κ3) is 5.13. The molecule has 5 heteroatoms. The summed E-state index contributed by atoms with van der Waals surface area (Å²) in [6, 6.07) is 4.92. The molecule has 2 N–H and O–H groups in total. The van der Waals surface area contributed by atoms with Gasteiger partial charge < -0.3 is 15.2 Å². The summed E-state index contributed by atoms with van der Waals surface area (Å²) >= 11 is 3.36. The van der Waals surface area contributed by atoms with Crippen LogP contribution in [0.2, 0.25) is 0 Å². The standard InChI is InChI=1S/C15H22BrNO3/c1-15(2,3)8-10(9-18)17-14(19)12-6-5-11(20-4)7-13(12)16/h5-7,10,18H,8-9H2,1-4H3,(H,17,19). The summed E-state index contributed by atoms with van der Waals surface area (Å²) in [5.74, 6) is 0.477. The number of aliphatic hydroxyl groups is 1. The normalized spacial score (nSPS) is 12.9. The highest BCUT2D eigenvalue weighted by Crippen LogP contribution is 2.24. The molecule has 1 amide bonds. The van der Waals surface area contributed by atoms with Crippen molar-refractivity contribution in [1.29, 1.82) is 0 Å². The number of ether oxygens (including phenoxy) is 1. The fourth-order valence-electron chi connectivity index (χ4n) is 1.97. The van der Waals surface area contributed by atoms with Crippen LogP contribution in [0.3, 0.4) is 0 Å². The van der Waals surface area contributed by atoms with Crippen LogP contribution < -0.4 is 10.1 Å². The quantitative estimate of drug-likeness (QED) is 0.863. The van der Waals surface area contributed by atoms with Crippen molar-refractivity contribution in [3.05, 3.63) is 28.2 Å². The summed E-state index contributed by atoms with van der Waals surface area (Å²) in [6.07, 6.45) is 0.711. The summed E-state index contributed by atoms with van der Waals surface area (Å²) in [4.78, 5) is 12.2. The van der Waals surface area contributed by atoms with Crippen molar-refractivity contribution in [2.75, 3.05) is 13.7 Å². The molecule has 0 fully saturated rings. The van der Waals surface area contributed by atoms with Gasteiger partial charge in [-0.05, 0) is 46.0 Å². The number of halogens is 1. The van der Waals surface area contributed by atoms with Gasteiger partial charge in [0.15, 0.2) is 0 Å². The monoisotopic (exact) mass is 343 g/mol. The van der Waals surface area contributed by atoms with E-state index in [9.17, 15) is 9.90 Å². The molecule has 0 aliphatic heterocycles. The van der Waals surface area contributed by atoms with Crippen LogP contribution in [0.25, 0.3) is 0 Å². The van der Waals surface area contributed by atoms with E-state index in [0.29, 0.717) is 22.2 Å². The van der Waals surface area contributed by atoms with Crippen molar-refractivity contribution in [3.8, 4) is 5.75 Å². The van der Waals surface area contributed by atoms with E-state index in [1.54, 1.807) is 25.3 Å². The van der Waals surface area contributed by atoms with Gasteiger partial charge in [-0.2, -0.15) is 0 Å². The maximum atomic E-state index is 12.2. The van der Waals surface area contributed by atoms with Gasteiger partial charge in [-0.25, -0.2) is 0 Å². The summed E-state index contributed by atoms with van der Waals surface area (Å²) in [7, 11) is 1.58. The first-order valence-corrected chi connectivity index (χ1v) is 7.31. The van der Waals surface area contributed by atoms with Crippen LogP contribution >= 0.6 is 15.9 Å². The van der Waals surface area contributed by atoms with Crippen LogP contribution in [-0.2, 0) is 0 Å². The largest absolute Gasteiger partial charge is 0.497 e. The van der Waals surface area contributed by atoms with E-state index in [4.69, 9.17) is 4.74 Å². The molecule has 0 spiro atoms. The Morgan fingerprint density at radius 1 is 1.45 bits per heavy atom. The second-order valence-corrected chi connectivity index (χ2v) is 6.82. The third-order valence-electron chi connectivity index (χ3n) is 2.84. The number of carbonyl (C=O) groups excluding carboxylic acids is 1. The Bertz CT molecular complexity index is 469. The van der Waals surface area contributed by atoms with E-state index in [1.165, 1.54) is 0 Å². The molecule has 0 saturated heterocycles. The number of carbonyl (C=O) groups is 1. The number of nitrogens with one attached hydrogen (secondary N) is 1. The van der Waals surface area contributed by atoms with Crippen LogP contribution in [0, 0.1) is 5.41 Å². The highest BCUT2D eigenvalue weighted by atomic mass is 79.9. The molecule has 0 radical (unpaired) electrons. The number of benzene rings is 1. The maximum Gasteiger partial charge on any atom is 0.252 e. The smallest absolute Gasteiger partial charge is 0.252 e. The number of rotatable bonds is 5. The topological polar surface area (TPSA) is 58.6 Å². The zero-order chi connectivity index (χ0) is 15.3. The number of hydrogen-bond donors (Lipinski definition) is 2. The molecule has 0 aliphatic carbocycles. The van der Waals surface area contributed by atoms with Crippen molar-refractivity contribution in [2.24, 2.45) is 5.41 Å². The fourth-order valence-corrected chi connectivity index (χ4v) is 2.51. The van der Waals surface area contributed by atoms with Gasteiger partial charge in [-0.3, -0.25) is 4.79 Å². The molecule has 1 unspecified atom stereocenters. The Morgan fingerprint density at radius 2 is 2.10 bits per heavy atom. The van der Waals surface area contributed by atoms with Crippen molar-refractivity contribution in [1.82, 2.24) is 5.32 Å².